The van der Waals surface area contributed by atoms with Crippen molar-refractivity contribution in [2.75, 3.05) is 49.9 Å². The van der Waals surface area contributed by atoms with Crippen LogP contribution in [0.25, 0.3) is 6.08 Å². The second-order valence-corrected chi connectivity index (χ2v) is 21.1. The van der Waals surface area contributed by atoms with Crippen LogP contribution >= 0.6 is 0 Å². The molecule has 11 N–H and O–H groups in total. The minimum atomic E-state index is -0.997. The summed E-state index contributed by atoms with van der Waals surface area (Å²) in [7, 11) is 0. The number of primary amides is 1. The number of hydrogen-bond acceptors (Lipinski definition) is 13. The maximum atomic E-state index is 13.6. The molecule has 2 atom stereocenters. The number of hydrogen-bond donors (Lipinski definition) is 9. The van der Waals surface area contributed by atoms with Gasteiger partial charge in [0, 0.05) is 105 Å². The third-order valence-electron chi connectivity index (χ3n) is 14.0. The van der Waals surface area contributed by atoms with Gasteiger partial charge in [-0.2, -0.15) is 0 Å². The van der Waals surface area contributed by atoms with Crippen LogP contribution in [0, 0.1) is 5.92 Å². The van der Waals surface area contributed by atoms with Gasteiger partial charge in [-0.3, -0.25) is 38.7 Å². The molecule has 9 amide bonds. The number of anilines is 2. The number of nitrogens with zero attached hydrogens (tertiary/aromatic N) is 4. The van der Waals surface area contributed by atoms with Crippen molar-refractivity contribution in [1.82, 2.24) is 41.4 Å². The molecule has 1 aromatic heterocycles. The summed E-state index contributed by atoms with van der Waals surface area (Å²) < 4.78 is 5.36. The van der Waals surface area contributed by atoms with Crippen LogP contribution in [0.1, 0.15) is 141 Å². The third kappa shape index (κ3) is 20.1. The van der Waals surface area contributed by atoms with Crippen molar-refractivity contribution in [2.24, 2.45) is 22.4 Å². The average Bonchev–Trinajstić information content (AvgIpc) is 3.97. The number of urea groups is 1. The van der Waals surface area contributed by atoms with E-state index in [2.05, 4.69) is 52.1 Å². The summed E-state index contributed by atoms with van der Waals surface area (Å²) in [5.74, 6) is -1.88. The summed E-state index contributed by atoms with van der Waals surface area (Å²) >= 11 is 0. The number of nitrogens with two attached hydrogens (primary N) is 2. The van der Waals surface area contributed by atoms with Crippen LogP contribution in [0.5, 0.6) is 0 Å². The highest BCUT2D eigenvalue weighted by atomic mass is 16.5. The van der Waals surface area contributed by atoms with Gasteiger partial charge in [0.1, 0.15) is 24.5 Å². The molecule has 0 saturated carbocycles. The number of carbonyl (C=O) groups is 8. The molecule has 6 rings (SSSR count). The van der Waals surface area contributed by atoms with Gasteiger partial charge in [0.2, 0.25) is 23.6 Å². The lowest BCUT2D eigenvalue weighted by Crippen LogP contribution is -2.54. The van der Waals surface area contributed by atoms with Gasteiger partial charge < -0.3 is 58.3 Å². The molecule has 83 heavy (non-hydrogen) atoms. The summed E-state index contributed by atoms with van der Waals surface area (Å²) in [6, 6.07) is 18.5. The van der Waals surface area contributed by atoms with Crippen molar-refractivity contribution in [3.8, 4) is 0 Å². The van der Waals surface area contributed by atoms with E-state index in [4.69, 9.17) is 16.2 Å². The van der Waals surface area contributed by atoms with Crippen LogP contribution in [-0.2, 0) is 50.0 Å². The smallest absolute Gasteiger partial charge is 0.407 e. The van der Waals surface area contributed by atoms with Crippen molar-refractivity contribution >= 4 is 76.5 Å². The van der Waals surface area contributed by atoms with Crippen molar-refractivity contribution in [1.29, 1.82) is 0 Å². The van der Waals surface area contributed by atoms with Crippen molar-refractivity contribution in [3.63, 3.8) is 0 Å². The van der Waals surface area contributed by atoms with Crippen LogP contribution in [-0.4, -0.2) is 120 Å². The Morgan fingerprint density at radius 1 is 0.735 bits per heavy atom. The topological polar surface area (TPSA) is 314 Å². The van der Waals surface area contributed by atoms with Crippen molar-refractivity contribution < 1.29 is 43.1 Å². The Hall–Kier alpha value is -8.66. The van der Waals surface area contributed by atoms with Gasteiger partial charge in [-0.05, 0) is 103 Å². The fraction of sp³-hybridized carbons (Fsp3) is 0.443. The van der Waals surface area contributed by atoms with Crippen LogP contribution < -0.4 is 48.7 Å². The van der Waals surface area contributed by atoms with Crippen LogP contribution in [0.15, 0.2) is 89.6 Å². The first kappa shape index (κ1) is 63.5. The summed E-state index contributed by atoms with van der Waals surface area (Å²) in [6.45, 7) is 13.5. The highest BCUT2D eigenvalue weighted by Gasteiger charge is 2.29. The molecule has 2 aliphatic heterocycles. The van der Waals surface area contributed by atoms with E-state index >= 15 is 0 Å². The van der Waals surface area contributed by atoms with E-state index in [0.29, 0.717) is 96.2 Å². The second-order valence-electron chi connectivity index (χ2n) is 21.1. The SMILES string of the molecule is CCCCCC(=O)NC(C(=O)NC(CCCNC(N)=O)C(=O)Nc1ccc(COC(=O)NCCNC(=O)c2ccc(CN3CCc4ncc(NC(=O)c5ccc6c(c5)N=C(N)CC(C(=O)N(CCC)CCC)=C6)cc4C3)cc2)cc1)C(C)C. The Labute approximate surface area is 485 Å². The first-order valence-electron chi connectivity index (χ1n) is 28.7. The lowest BCUT2D eigenvalue weighted by Gasteiger charge is -2.28. The Morgan fingerprint density at radius 2 is 1.45 bits per heavy atom. The number of unbranched alkanes of at least 4 members (excludes halogenated alkanes) is 2. The molecule has 3 aromatic carbocycles. The normalized spacial score (nSPS) is 13.5. The number of carbonyl (C=O) groups excluding carboxylic acids is 8. The summed E-state index contributed by atoms with van der Waals surface area (Å²) in [5, 5.41) is 19.3. The molecule has 4 aromatic rings. The fourth-order valence-electron chi connectivity index (χ4n) is 9.56. The standard InChI is InChI=1S/C61H81N13O9/c1-6-9-10-13-53(75)72-54(39(4)5)58(79)71-50(12-11-25-65-60(63)81)57(78)68-47-22-16-41(17-23-47)38-83-61(82)66-27-26-64-55(76)42-18-14-40(15-19-42)36-73-30-24-49-46(37-73)32-48(35-67-49)69-56(77)44-21-20-43-31-45(34-52(62)70-51(43)33-44)59(80)74(28-7-2)29-8-3/h14-23,31-33,35,39,50,54H,6-13,24-30,34,36-38H2,1-5H3,(H2,62,70)(H,64,76)(H,66,82)(H,68,78)(H,69,77)(H,71,79)(H,72,75)(H3,63,65,81). The Balaban J connectivity index is 0.912. The molecule has 0 spiro atoms. The molecule has 3 heterocycles. The molecule has 22 nitrogen and oxygen atoms in total. The molecular weight excluding hydrogens is 1060 g/mol. The number of amides is 9. The number of ether oxygens (including phenoxy) is 1. The molecule has 0 aliphatic carbocycles. The molecule has 0 saturated heterocycles. The van der Waals surface area contributed by atoms with E-state index in [1.54, 1.807) is 74.6 Å². The number of nitrogens with one attached hydrogen (secondary N) is 7. The molecule has 0 radical (unpaired) electrons. The predicted octanol–water partition coefficient (Wildman–Crippen LogP) is 6.57. The maximum Gasteiger partial charge on any atom is 0.407 e. The van der Waals surface area contributed by atoms with E-state index in [1.807, 2.05) is 49.9 Å². The van der Waals surface area contributed by atoms with Crippen LogP contribution in [0.3, 0.4) is 0 Å². The summed E-state index contributed by atoms with van der Waals surface area (Å²) in [6.07, 6.45) is 8.81. The first-order chi connectivity index (χ1) is 39.9. The zero-order valence-electron chi connectivity index (χ0n) is 48.4. The van der Waals surface area contributed by atoms with E-state index in [1.165, 1.54) is 0 Å². The number of amidine groups is 1. The largest absolute Gasteiger partial charge is 0.445 e. The van der Waals surface area contributed by atoms with Crippen molar-refractivity contribution in [3.05, 3.63) is 124 Å². The quantitative estimate of drug-likeness (QED) is 0.0261. The number of pyridine rings is 1. The Kier molecular flexibility index (Phi) is 24.6. The number of aromatic nitrogens is 1. The van der Waals surface area contributed by atoms with Crippen LogP contribution in [0.4, 0.5) is 26.7 Å². The molecule has 22 heteroatoms. The number of alkyl carbamates (subject to hydrolysis) is 1. The van der Waals surface area contributed by atoms with E-state index in [-0.39, 0.29) is 68.6 Å². The van der Waals surface area contributed by atoms with E-state index in [9.17, 15) is 38.4 Å². The zero-order chi connectivity index (χ0) is 59.8. The van der Waals surface area contributed by atoms with Crippen LogP contribution in [0.2, 0.25) is 0 Å². The van der Waals surface area contributed by atoms with Gasteiger partial charge in [-0.1, -0.05) is 77.8 Å². The molecule has 444 valence electrons. The highest BCUT2D eigenvalue weighted by molar-refractivity contribution is 6.08. The molecule has 2 aliphatic rings. The predicted molar refractivity (Wildman–Crippen MR) is 319 cm³/mol. The second kappa shape index (κ2) is 32.1. The number of aliphatic imine (C=N–C) groups is 1. The lowest BCUT2D eigenvalue weighted by molar-refractivity contribution is -0.132. The number of fused-ring (bicyclic) bond motifs is 2. The van der Waals surface area contributed by atoms with Gasteiger partial charge in [0.15, 0.2) is 0 Å². The minimum Gasteiger partial charge on any atom is -0.445 e. The van der Waals surface area contributed by atoms with E-state index in [0.717, 1.165) is 55.5 Å². The van der Waals surface area contributed by atoms with Crippen molar-refractivity contribution in [2.45, 2.75) is 131 Å². The van der Waals surface area contributed by atoms with Gasteiger partial charge >= 0.3 is 12.1 Å². The lowest BCUT2D eigenvalue weighted by atomic mass is 10.0. The average molecular weight is 1140 g/mol. The highest BCUT2D eigenvalue weighted by Crippen LogP contribution is 2.30. The monoisotopic (exact) mass is 1140 g/mol. The number of rotatable bonds is 29. The molecule has 2 unspecified atom stereocenters. The van der Waals surface area contributed by atoms with Gasteiger partial charge in [0.05, 0.1) is 17.6 Å². The Morgan fingerprint density at radius 3 is 2.14 bits per heavy atom. The van der Waals surface area contributed by atoms with Gasteiger partial charge in [0.25, 0.3) is 11.8 Å². The minimum absolute atomic E-state index is 0.0545. The van der Waals surface area contributed by atoms with Gasteiger partial charge in [-0.15, -0.1) is 0 Å². The van der Waals surface area contributed by atoms with Gasteiger partial charge in [-0.25, -0.2) is 14.6 Å². The maximum absolute atomic E-state index is 13.6. The molecule has 0 bridgehead atoms. The first-order valence-corrected chi connectivity index (χ1v) is 28.7. The fourth-order valence-corrected chi connectivity index (χ4v) is 9.56. The molecular formula is C61H81N13O9. The summed E-state index contributed by atoms with van der Waals surface area (Å²) in [5.41, 5.74) is 18.7. The molecule has 0 fully saturated rings. The third-order valence-corrected chi connectivity index (χ3v) is 14.0. The van der Waals surface area contributed by atoms with E-state index < -0.39 is 36.0 Å². The number of benzene rings is 3. The Bertz CT molecular complexity index is 2980. The summed E-state index contributed by atoms with van der Waals surface area (Å²) in [4.78, 5) is 117. The zero-order valence-corrected chi connectivity index (χ0v) is 48.4.